The third-order valence-electron chi connectivity index (χ3n) is 8.66. The van der Waals surface area contributed by atoms with Crippen LogP contribution in [0, 0.1) is 0 Å². The molecule has 49 heavy (non-hydrogen) atoms. The fourth-order valence-corrected chi connectivity index (χ4v) is 6.06. The molecule has 254 valence electrons. The zero-order valence-corrected chi connectivity index (χ0v) is 27.3. The summed E-state index contributed by atoms with van der Waals surface area (Å²) < 4.78 is 18.3. The average molecular weight is 665 g/mol. The maximum Gasteiger partial charge on any atom is 0.408 e. The fourth-order valence-electron chi connectivity index (χ4n) is 6.06. The van der Waals surface area contributed by atoms with Crippen molar-refractivity contribution in [3.63, 3.8) is 0 Å². The first kappa shape index (κ1) is 33.9. The summed E-state index contributed by atoms with van der Waals surface area (Å²) in [6.45, 7) is 1.44. The van der Waals surface area contributed by atoms with Crippen molar-refractivity contribution >= 4 is 23.6 Å². The maximum absolute atomic E-state index is 13.4. The molecular formula is C38H40N4O7. The highest BCUT2D eigenvalue weighted by Gasteiger charge is 2.41. The number of carbonyl (C=O) groups excluding carboxylic acids is 3. The molecule has 0 spiro atoms. The zero-order chi connectivity index (χ0) is 34.2. The molecule has 0 radical (unpaired) electrons. The number of aromatic nitrogens is 1. The highest BCUT2D eigenvalue weighted by Crippen LogP contribution is 2.39. The van der Waals surface area contributed by atoms with E-state index in [1.807, 2.05) is 78.9 Å². The van der Waals surface area contributed by atoms with Gasteiger partial charge in [-0.2, -0.15) is 0 Å². The summed E-state index contributed by atoms with van der Waals surface area (Å²) >= 11 is 0. The lowest BCUT2D eigenvalue weighted by atomic mass is 9.99. The molecule has 2 saturated heterocycles. The number of alkyl carbamates (subject to hydrolysis) is 1. The predicted molar refractivity (Wildman–Crippen MR) is 181 cm³/mol. The molecule has 11 nitrogen and oxygen atoms in total. The van der Waals surface area contributed by atoms with Crippen LogP contribution in [0.4, 0.5) is 10.5 Å². The topological polar surface area (TPSA) is 131 Å². The molecule has 4 atom stereocenters. The summed E-state index contributed by atoms with van der Waals surface area (Å²) in [5.41, 5.74) is 4.60. The quantitative estimate of drug-likeness (QED) is 0.204. The monoisotopic (exact) mass is 664 g/mol. The summed E-state index contributed by atoms with van der Waals surface area (Å²) in [4.78, 5) is 46.7. The van der Waals surface area contributed by atoms with E-state index in [9.17, 15) is 19.5 Å². The average Bonchev–Trinajstić information content (AvgIpc) is 3.42. The third-order valence-corrected chi connectivity index (χ3v) is 8.66. The van der Waals surface area contributed by atoms with Gasteiger partial charge in [0.25, 0.3) is 5.91 Å². The van der Waals surface area contributed by atoms with Gasteiger partial charge in [0.1, 0.15) is 12.6 Å². The number of amides is 3. The Labute approximate surface area is 285 Å². The molecule has 2 aliphatic heterocycles. The largest absolute Gasteiger partial charge is 0.445 e. The van der Waals surface area contributed by atoms with Gasteiger partial charge in [-0.1, -0.05) is 72.8 Å². The van der Waals surface area contributed by atoms with Crippen molar-refractivity contribution in [3.8, 4) is 0 Å². The number of nitrogens with zero attached hydrogens (tertiary/aromatic N) is 3. The van der Waals surface area contributed by atoms with Crippen LogP contribution in [-0.2, 0) is 43.4 Å². The molecule has 6 rings (SSSR count). The van der Waals surface area contributed by atoms with E-state index >= 15 is 0 Å². The Morgan fingerprint density at radius 2 is 1.76 bits per heavy atom. The molecule has 4 unspecified atom stereocenters. The van der Waals surface area contributed by atoms with Crippen LogP contribution in [0.5, 0.6) is 0 Å². The van der Waals surface area contributed by atoms with Crippen molar-refractivity contribution in [3.05, 3.63) is 131 Å². The van der Waals surface area contributed by atoms with Crippen LogP contribution in [-0.4, -0.2) is 65.2 Å². The van der Waals surface area contributed by atoms with Crippen LogP contribution in [0.2, 0.25) is 0 Å². The highest BCUT2D eigenvalue weighted by atomic mass is 16.7. The standard InChI is InChI=1S/C38H40N4O7/c1-41(19-17-30-11-5-6-18-39-30)23-32-21-34(28-15-13-26(24-43)14-16-28)49-37(48-32)29-10-7-12-31(20-29)42-35(44)22-33(36(42)45)40-38(46)47-25-27-8-3-2-4-9-27/h2-16,18,20,32-34,37,43H,17,19,21-25H2,1H3,(H,40,46). The van der Waals surface area contributed by atoms with Crippen LogP contribution in [0.25, 0.3) is 0 Å². The minimum Gasteiger partial charge on any atom is -0.445 e. The number of carbonyl (C=O) groups is 3. The molecule has 0 bridgehead atoms. The van der Waals surface area contributed by atoms with Crippen molar-refractivity contribution in [2.75, 3.05) is 25.0 Å². The maximum atomic E-state index is 13.4. The number of benzene rings is 3. The Morgan fingerprint density at radius 1 is 0.959 bits per heavy atom. The van der Waals surface area contributed by atoms with Gasteiger partial charge in [-0.3, -0.25) is 14.6 Å². The number of likely N-dealkylation sites (N-methyl/N-ethyl adjacent to an activating group) is 1. The van der Waals surface area contributed by atoms with Crippen molar-refractivity contribution in [1.82, 2.24) is 15.2 Å². The number of hydrogen-bond donors (Lipinski definition) is 2. The number of aliphatic hydroxyl groups excluding tert-OH is 1. The summed E-state index contributed by atoms with van der Waals surface area (Å²) in [5.74, 6) is -0.978. The fraction of sp³-hybridized carbons (Fsp3) is 0.316. The minimum atomic E-state index is -1.04. The van der Waals surface area contributed by atoms with E-state index in [2.05, 4.69) is 22.2 Å². The first-order chi connectivity index (χ1) is 23.9. The number of ether oxygens (including phenoxy) is 3. The summed E-state index contributed by atoms with van der Waals surface area (Å²) in [5, 5.41) is 12.1. The van der Waals surface area contributed by atoms with Gasteiger partial charge in [-0.15, -0.1) is 0 Å². The van der Waals surface area contributed by atoms with Gasteiger partial charge in [0.2, 0.25) is 5.91 Å². The van der Waals surface area contributed by atoms with E-state index in [-0.39, 0.29) is 31.8 Å². The van der Waals surface area contributed by atoms with Crippen molar-refractivity contribution in [1.29, 1.82) is 0 Å². The van der Waals surface area contributed by atoms with Gasteiger partial charge >= 0.3 is 6.09 Å². The molecule has 0 saturated carbocycles. The van der Waals surface area contributed by atoms with Gasteiger partial charge in [-0.05, 0) is 48.0 Å². The van der Waals surface area contributed by atoms with E-state index in [1.54, 1.807) is 24.4 Å². The lowest BCUT2D eigenvalue weighted by Gasteiger charge is -2.38. The van der Waals surface area contributed by atoms with Crippen LogP contribution < -0.4 is 10.2 Å². The highest BCUT2D eigenvalue weighted by molar-refractivity contribution is 6.22. The second-order valence-electron chi connectivity index (χ2n) is 12.3. The third kappa shape index (κ3) is 8.76. The van der Waals surface area contributed by atoms with Gasteiger partial charge in [0, 0.05) is 43.4 Å². The first-order valence-electron chi connectivity index (χ1n) is 16.4. The van der Waals surface area contributed by atoms with Crippen molar-refractivity contribution in [2.45, 2.75) is 57.0 Å². The summed E-state index contributed by atoms with van der Waals surface area (Å²) in [7, 11) is 2.05. The smallest absolute Gasteiger partial charge is 0.408 e. The van der Waals surface area contributed by atoms with Gasteiger partial charge in [-0.25, -0.2) is 9.69 Å². The molecule has 3 amide bonds. The minimum absolute atomic E-state index is 0.0439. The molecule has 2 N–H and O–H groups in total. The van der Waals surface area contributed by atoms with Crippen LogP contribution in [0.15, 0.2) is 103 Å². The zero-order valence-electron chi connectivity index (χ0n) is 27.3. The predicted octanol–water partition coefficient (Wildman–Crippen LogP) is 4.85. The molecule has 1 aromatic heterocycles. The Kier molecular flexibility index (Phi) is 11.1. The number of anilines is 1. The molecule has 4 aromatic rings. The second-order valence-corrected chi connectivity index (χ2v) is 12.3. The Hall–Kier alpha value is -4.94. The van der Waals surface area contributed by atoms with Gasteiger partial charge < -0.3 is 29.5 Å². The Morgan fingerprint density at radius 3 is 2.51 bits per heavy atom. The van der Waals surface area contributed by atoms with Crippen LogP contribution in [0.1, 0.15) is 53.2 Å². The van der Waals surface area contributed by atoms with Crippen LogP contribution >= 0.6 is 0 Å². The number of hydrogen-bond acceptors (Lipinski definition) is 9. The van der Waals surface area contributed by atoms with Crippen molar-refractivity contribution < 1.29 is 33.7 Å². The van der Waals surface area contributed by atoms with E-state index in [4.69, 9.17) is 14.2 Å². The number of rotatable bonds is 12. The second kappa shape index (κ2) is 16.0. The normalized spacial score (nSPS) is 20.8. The number of pyridine rings is 1. The summed E-state index contributed by atoms with van der Waals surface area (Å²) in [6.07, 6.45) is 0.987. The van der Waals surface area contributed by atoms with E-state index < -0.39 is 30.2 Å². The van der Waals surface area contributed by atoms with E-state index in [1.165, 1.54) is 0 Å². The molecule has 3 aromatic carbocycles. The summed E-state index contributed by atoms with van der Waals surface area (Å²) in [6, 6.07) is 28.7. The van der Waals surface area contributed by atoms with Gasteiger partial charge in [0.15, 0.2) is 6.29 Å². The Bertz CT molecular complexity index is 1720. The number of imide groups is 1. The number of nitrogens with one attached hydrogen (secondary N) is 1. The molecule has 0 aliphatic carbocycles. The first-order valence-corrected chi connectivity index (χ1v) is 16.4. The van der Waals surface area contributed by atoms with Crippen molar-refractivity contribution in [2.24, 2.45) is 0 Å². The van der Waals surface area contributed by atoms with E-state index in [0.717, 1.165) is 40.2 Å². The molecule has 11 heteroatoms. The molecule has 2 fully saturated rings. The molecular weight excluding hydrogens is 624 g/mol. The number of aliphatic hydroxyl groups is 1. The molecule has 2 aliphatic rings. The molecule has 3 heterocycles. The SMILES string of the molecule is CN(CCc1ccccn1)CC1CC(c2ccc(CO)cc2)OC(c2cccc(N3C(=O)CC(NC(=O)OCc4ccccc4)C3=O)c2)O1. The van der Waals surface area contributed by atoms with E-state index in [0.29, 0.717) is 24.2 Å². The lowest BCUT2D eigenvalue weighted by molar-refractivity contribution is -0.252. The lowest BCUT2D eigenvalue weighted by Crippen LogP contribution is -2.42. The Balaban J connectivity index is 1.15. The van der Waals surface area contributed by atoms with Gasteiger partial charge in [0.05, 0.1) is 30.9 Å². The van der Waals surface area contributed by atoms with Crippen LogP contribution in [0.3, 0.4) is 0 Å².